The molecule has 1 atom stereocenters. The molecule has 2 rings (SSSR count). The highest BCUT2D eigenvalue weighted by molar-refractivity contribution is 7.89. The number of rotatable bonds is 5. The smallest absolute Gasteiger partial charge is 0.240 e. The van der Waals surface area contributed by atoms with E-state index in [0.29, 0.717) is 24.4 Å². The SMILES string of the molecule is CNS(=O)(=O)c1ccc(N)c(NCC2(O)CCOC2)c1. The number of hydrogen-bond donors (Lipinski definition) is 4. The Labute approximate surface area is 118 Å². The lowest BCUT2D eigenvalue weighted by molar-refractivity contribution is 0.0382. The summed E-state index contributed by atoms with van der Waals surface area (Å²) in [6, 6.07) is 4.39. The number of sulfonamides is 1. The van der Waals surface area contributed by atoms with Crippen molar-refractivity contribution in [3.8, 4) is 0 Å². The molecule has 1 aromatic rings. The predicted molar refractivity (Wildman–Crippen MR) is 76.0 cm³/mol. The minimum atomic E-state index is -3.52. The van der Waals surface area contributed by atoms with Crippen LogP contribution in [0.15, 0.2) is 23.1 Å². The van der Waals surface area contributed by atoms with Crippen LogP contribution in [0, 0.1) is 0 Å². The first kappa shape index (κ1) is 15.0. The maximum Gasteiger partial charge on any atom is 0.240 e. The minimum Gasteiger partial charge on any atom is -0.397 e. The Morgan fingerprint density at radius 3 is 2.85 bits per heavy atom. The average molecular weight is 301 g/mol. The van der Waals surface area contributed by atoms with E-state index in [1.807, 2.05) is 0 Å². The van der Waals surface area contributed by atoms with Crippen molar-refractivity contribution in [2.75, 3.05) is 37.9 Å². The fourth-order valence-corrected chi connectivity index (χ4v) is 2.73. The largest absolute Gasteiger partial charge is 0.397 e. The molecule has 5 N–H and O–H groups in total. The van der Waals surface area contributed by atoms with Crippen LogP contribution in [0.25, 0.3) is 0 Å². The van der Waals surface area contributed by atoms with Gasteiger partial charge in [0.2, 0.25) is 10.0 Å². The number of benzene rings is 1. The van der Waals surface area contributed by atoms with Gasteiger partial charge in [-0.05, 0) is 25.2 Å². The van der Waals surface area contributed by atoms with Crippen LogP contribution in [0.5, 0.6) is 0 Å². The van der Waals surface area contributed by atoms with Crippen molar-refractivity contribution in [2.45, 2.75) is 16.9 Å². The van der Waals surface area contributed by atoms with E-state index < -0.39 is 15.6 Å². The minimum absolute atomic E-state index is 0.117. The molecule has 1 aliphatic heterocycles. The third kappa shape index (κ3) is 3.21. The van der Waals surface area contributed by atoms with E-state index in [9.17, 15) is 13.5 Å². The topological polar surface area (TPSA) is 114 Å². The van der Waals surface area contributed by atoms with Crippen molar-refractivity contribution >= 4 is 21.4 Å². The number of ether oxygens (including phenoxy) is 1. The second kappa shape index (κ2) is 5.57. The van der Waals surface area contributed by atoms with Crippen molar-refractivity contribution in [1.29, 1.82) is 0 Å². The number of anilines is 2. The van der Waals surface area contributed by atoms with Gasteiger partial charge in [-0.1, -0.05) is 0 Å². The molecule has 1 unspecified atom stereocenters. The molecule has 0 saturated carbocycles. The summed E-state index contributed by atoms with van der Waals surface area (Å²) in [5, 5.41) is 13.1. The lowest BCUT2D eigenvalue weighted by Crippen LogP contribution is -2.37. The van der Waals surface area contributed by atoms with Crippen molar-refractivity contribution in [2.24, 2.45) is 0 Å². The van der Waals surface area contributed by atoms with Crippen LogP contribution in [0.2, 0.25) is 0 Å². The van der Waals surface area contributed by atoms with E-state index >= 15 is 0 Å². The summed E-state index contributed by atoms with van der Waals surface area (Å²) < 4.78 is 30.9. The summed E-state index contributed by atoms with van der Waals surface area (Å²) >= 11 is 0. The second-order valence-electron chi connectivity index (χ2n) is 4.84. The molecule has 1 aromatic carbocycles. The Morgan fingerprint density at radius 1 is 1.50 bits per heavy atom. The molecule has 0 amide bonds. The van der Waals surface area contributed by atoms with Gasteiger partial charge in [0.25, 0.3) is 0 Å². The normalized spacial score (nSPS) is 22.9. The molecule has 1 heterocycles. The summed E-state index contributed by atoms with van der Waals surface area (Å²) in [5.74, 6) is 0. The van der Waals surface area contributed by atoms with E-state index in [1.54, 1.807) is 0 Å². The Kier molecular flexibility index (Phi) is 4.19. The molecule has 1 saturated heterocycles. The van der Waals surface area contributed by atoms with Crippen LogP contribution in [-0.4, -0.2) is 45.9 Å². The standard InChI is InChI=1S/C12H19N3O4S/c1-14-20(17,18)9-2-3-10(13)11(6-9)15-7-12(16)4-5-19-8-12/h2-3,6,14-16H,4-5,7-8,13H2,1H3. The third-order valence-corrected chi connectivity index (χ3v) is 4.71. The molecular weight excluding hydrogens is 282 g/mol. The molecule has 0 aliphatic carbocycles. The lowest BCUT2D eigenvalue weighted by Gasteiger charge is -2.22. The van der Waals surface area contributed by atoms with Gasteiger partial charge in [-0.25, -0.2) is 13.1 Å². The summed E-state index contributed by atoms with van der Waals surface area (Å²) in [4.78, 5) is 0.117. The van der Waals surface area contributed by atoms with Gasteiger partial charge in [0, 0.05) is 19.6 Å². The maximum absolute atomic E-state index is 11.7. The lowest BCUT2D eigenvalue weighted by atomic mass is 10.0. The van der Waals surface area contributed by atoms with Crippen LogP contribution < -0.4 is 15.8 Å². The van der Waals surface area contributed by atoms with E-state index in [2.05, 4.69) is 10.0 Å². The van der Waals surface area contributed by atoms with Gasteiger partial charge in [-0.15, -0.1) is 0 Å². The van der Waals surface area contributed by atoms with Crippen LogP contribution in [0.1, 0.15) is 6.42 Å². The van der Waals surface area contributed by atoms with Gasteiger partial charge >= 0.3 is 0 Å². The van der Waals surface area contributed by atoms with E-state index in [4.69, 9.17) is 10.5 Å². The van der Waals surface area contributed by atoms with Crippen molar-refractivity contribution in [3.05, 3.63) is 18.2 Å². The molecule has 20 heavy (non-hydrogen) atoms. The van der Waals surface area contributed by atoms with Crippen LogP contribution in [0.4, 0.5) is 11.4 Å². The zero-order valence-corrected chi connectivity index (χ0v) is 12.0. The maximum atomic E-state index is 11.7. The first-order valence-corrected chi connectivity index (χ1v) is 7.72. The number of aliphatic hydroxyl groups is 1. The molecule has 0 bridgehead atoms. The molecule has 0 aromatic heterocycles. The summed E-state index contributed by atoms with van der Waals surface area (Å²) in [6.07, 6.45) is 0.536. The summed E-state index contributed by atoms with van der Waals surface area (Å²) in [7, 11) is -2.18. The summed E-state index contributed by atoms with van der Waals surface area (Å²) in [5.41, 5.74) is 5.76. The molecule has 0 radical (unpaired) electrons. The van der Waals surface area contributed by atoms with Gasteiger partial charge in [-0.2, -0.15) is 0 Å². The molecular formula is C12H19N3O4S. The van der Waals surface area contributed by atoms with Crippen molar-refractivity contribution in [1.82, 2.24) is 4.72 Å². The Bertz CT molecular complexity index is 582. The Hall–Kier alpha value is -1.35. The molecule has 1 fully saturated rings. The highest BCUT2D eigenvalue weighted by Gasteiger charge is 2.32. The molecule has 1 aliphatic rings. The van der Waals surface area contributed by atoms with Gasteiger partial charge < -0.3 is 20.9 Å². The van der Waals surface area contributed by atoms with E-state index in [1.165, 1.54) is 25.2 Å². The zero-order valence-electron chi connectivity index (χ0n) is 11.2. The fraction of sp³-hybridized carbons (Fsp3) is 0.500. The summed E-state index contributed by atoms with van der Waals surface area (Å²) in [6.45, 7) is 1.02. The van der Waals surface area contributed by atoms with E-state index in [-0.39, 0.29) is 18.0 Å². The molecule has 112 valence electrons. The van der Waals surface area contributed by atoms with E-state index in [0.717, 1.165) is 0 Å². The Balaban J connectivity index is 2.17. The molecule has 8 heteroatoms. The number of hydrogen-bond acceptors (Lipinski definition) is 6. The number of nitrogen functional groups attached to an aromatic ring is 1. The van der Waals surface area contributed by atoms with Gasteiger partial charge in [0.05, 0.1) is 22.9 Å². The third-order valence-electron chi connectivity index (χ3n) is 3.29. The fourth-order valence-electron chi connectivity index (χ4n) is 1.97. The second-order valence-corrected chi connectivity index (χ2v) is 6.72. The first-order valence-electron chi connectivity index (χ1n) is 6.23. The van der Waals surface area contributed by atoms with Crippen LogP contribution in [-0.2, 0) is 14.8 Å². The highest BCUT2D eigenvalue weighted by Crippen LogP contribution is 2.25. The molecule has 7 nitrogen and oxygen atoms in total. The monoisotopic (exact) mass is 301 g/mol. The van der Waals surface area contributed by atoms with Crippen LogP contribution >= 0.6 is 0 Å². The highest BCUT2D eigenvalue weighted by atomic mass is 32.2. The van der Waals surface area contributed by atoms with Crippen molar-refractivity contribution in [3.63, 3.8) is 0 Å². The quantitative estimate of drug-likeness (QED) is 0.557. The number of nitrogens with one attached hydrogen (secondary N) is 2. The van der Waals surface area contributed by atoms with Gasteiger partial charge in [0.15, 0.2) is 0 Å². The molecule has 0 spiro atoms. The van der Waals surface area contributed by atoms with Gasteiger partial charge in [0.1, 0.15) is 5.60 Å². The predicted octanol–water partition coefficient (Wildman–Crippen LogP) is -0.260. The average Bonchev–Trinajstić information content (AvgIpc) is 2.85. The zero-order chi connectivity index (χ0) is 14.8. The van der Waals surface area contributed by atoms with Crippen LogP contribution in [0.3, 0.4) is 0 Å². The van der Waals surface area contributed by atoms with Gasteiger partial charge in [-0.3, -0.25) is 0 Å². The Morgan fingerprint density at radius 2 is 2.25 bits per heavy atom. The van der Waals surface area contributed by atoms with Crippen molar-refractivity contribution < 1.29 is 18.3 Å². The number of nitrogens with two attached hydrogens (primary N) is 1. The first-order chi connectivity index (χ1) is 9.36.